The Bertz CT molecular complexity index is 121. The molecule has 0 bridgehead atoms. The second-order valence-electron chi connectivity index (χ2n) is 3.11. The third kappa shape index (κ3) is 6.08. The van der Waals surface area contributed by atoms with Crippen LogP contribution < -0.4 is 0 Å². The second kappa shape index (κ2) is 9.27. The summed E-state index contributed by atoms with van der Waals surface area (Å²) in [5, 5.41) is 2.05. The molecule has 0 atom stereocenters. The van der Waals surface area contributed by atoms with E-state index in [1.807, 2.05) is 0 Å². The maximum absolute atomic E-state index is 2.23. The molecule has 0 nitrogen and oxygen atoms in total. The van der Waals surface area contributed by atoms with Gasteiger partial charge in [0, 0.05) is 16.8 Å². The summed E-state index contributed by atoms with van der Waals surface area (Å²) in [7, 11) is 0. The van der Waals surface area contributed by atoms with Gasteiger partial charge in [0.2, 0.25) is 0 Å². The minimum absolute atomic E-state index is 1.01. The molecule has 2 aliphatic rings. The van der Waals surface area contributed by atoms with E-state index in [0.29, 0.717) is 0 Å². The molecule has 0 spiro atoms. The van der Waals surface area contributed by atoms with Gasteiger partial charge in [0.05, 0.1) is 0 Å². The molecule has 2 fully saturated rings. The molecule has 2 rings (SSSR count). The first-order chi connectivity index (χ1) is 6.86. The first kappa shape index (κ1) is 14.3. The van der Waals surface area contributed by atoms with E-state index in [4.69, 9.17) is 0 Å². The van der Waals surface area contributed by atoms with Crippen molar-refractivity contribution in [3.63, 3.8) is 0 Å². The van der Waals surface area contributed by atoms with Gasteiger partial charge in [-0.1, -0.05) is 6.92 Å². The maximum atomic E-state index is 2.23. The zero-order valence-corrected chi connectivity index (χ0v) is 15.2. The Balaban J connectivity index is 0.000000140. The van der Waals surface area contributed by atoms with Crippen LogP contribution in [-0.2, 0) is 0 Å². The Morgan fingerprint density at radius 3 is 1.71 bits per heavy atom. The predicted octanol–water partition coefficient (Wildman–Crippen LogP) is 2.28. The predicted molar refractivity (Wildman–Crippen MR) is 81.4 cm³/mol. The first-order valence-corrected chi connectivity index (χ1v) is 11.7. The minimum atomic E-state index is 1.01. The van der Waals surface area contributed by atoms with Crippen LogP contribution in [0.4, 0.5) is 0 Å². The van der Waals surface area contributed by atoms with Gasteiger partial charge in [-0.15, -0.1) is 0 Å². The quantitative estimate of drug-likeness (QED) is 0.690. The van der Waals surface area contributed by atoms with Crippen molar-refractivity contribution in [3.05, 3.63) is 0 Å². The standard InChI is InChI=1S/C5H10S2.C4H7S2.Sb.2H/c1-2-7-5-3-6-4-5;1-5-4-2-6-3-4;;;/h5H,2-4H2,1H3;4H,1-3H2;;;. The summed E-state index contributed by atoms with van der Waals surface area (Å²) in [6.45, 7) is 2.23. The summed E-state index contributed by atoms with van der Waals surface area (Å²) >= 11 is 9.83. The Labute approximate surface area is 119 Å². The van der Waals surface area contributed by atoms with Gasteiger partial charge in [-0.05, 0) is 5.75 Å². The van der Waals surface area contributed by atoms with Gasteiger partial charge in [0.25, 0.3) is 0 Å². The van der Waals surface area contributed by atoms with Gasteiger partial charge in [-0.3, -0.25) is 0 Å². The second-order valence-corrected chi connectivity index (χ2v) is 11.0. The first-order valence-electron chi connectivity index (χ1n) is 4.95. The van der Waals surface area contributed by atoms with Gasteiger partial charge in [-0.25, -0.2) is 0 Å². The molecule has 0 aromatic heterocycles. The molecule has 0 radical (unpaired) electrons. The van der Waals surface area contributed by atoms with E-state index in [-0.39, 0.29) is 0 Å². The normalized spacial score (nSPS) is 21.9. The Hall–Kier alpha value is 2.22. The van der Waals surface area contributed by atoms with Crippen molar-refractivity contribution in [1.82, 2.24) is 0 Å². The zero-order valence-electron chi connectivity index (χ0n) is 8.61. The molecular weight excluding hydrogens is 358 g/mol. The number of hydrogen-bond acceptors (Lipinski definition) is 4. The summed E-state index contributed by atoms with van der Waals surface area (Å²) < 4.78 is 1.43. The van der Waals surface area contributed by atoms with Gasteiger partial charge in [0.1, 0.15) is 0 Å². The van der Waals surface area contributed by atoms with Crippen molar-refractivity contribution in [1.29, 1.82) is 0 Å². The van der Waals surface area contributed by atoms with Crippen LogP contribution in [-0.4, -0.2) is 66.0 Å². The number of hydrogen-bond donors (Lipinski definition) is 0. The van der Waals surface area contributed by atoms with Crippen molar-refractivity contribution in [2.24, 2.45) is 0 Å². The van der Waals surface area contributed by atoms with E-state index in [2.05, 4.69) is 54.0 Å². The van der Waals surface area contributed by atoms with Crippen LogP contribution in [0.5, 0.6) is 0 Å². The van der Waals surface area contributed by atoms with Crippen molar-refractivity contribution in [2.45, 2.75) is 17.4 Å². The summed E-state index contributed by atoms with van der Waals surface area (Å²) in [5.41, 5.74) is 0. The average Bonchev–Trinajstić information content (AvgIpc) is 2.05. The van der Waals surface area contributed by atoms with Crippen molar-refractivity contribution < 1.29 is 0 Å². The molecule has 84 valence electrons. The van der Waals surface area contributed by atoms with Crippen LogP contribution >= 0.6 is 47.0 Å². The fourth-order valence-corrected chi connectivity index (χ4v) is 7.62. The summed E-state index contributed by atoms with van der Waals surface area (Å²) in [6.07, 6.45) is 0. The Morgan fingerprint density at radius 2 is 1.57 bits per heavy atom. The van der Waals surface area contributed by atoms with Gasteiger partial charge >= 0.3 is 67.0 Å². The van der Waals surface area contributed by atoms with Gasteiger partial charge in [0.15, 0.2) is 0 Å². The molecule has 14 heavy (non-hydrogen) atoms. The molecule has 0 aromatic rings. The molecule has 0 aromatic carbocycles. The molecule has 2 heterocycles. The van der Waals surface area contributed by atoms with E-state index >= 15 is 0 Å². The van der Waals surface area contributed by atoms with E-state index in [0.717, 1.165) is 10.5 Å². The number of rotatable bonds is 4. The van der Waals surface area contributed by atoms with E-state index in [9.17, 15) is 0 Å². The van der Waals surface area contributed by atoms with Crippen LogP contribution in [0, 0.1) is 0 Å². The molecular formula is C9H19S4Sb. The monoisotopic (exact) mass is 376 g/mol. The van der Waals surface area contributed by atoms with E-state index < -0.39 is 0 Å². The molecule has 0 N–H and O–H groups in total. The van der Waals surface area contributed by atoms with Crippen molar-refractivity contribution in [2.75, 3.05) is 32.5 Å². The molecule has 0 saturated carbocycles. The molecule has 0 aliphatic carbocycles. The Morgan fingerprint density at radius 1 is 1.07 bits per heavy atom. The number of thioether (sulfide) groups is 4. The van der Waals surface area contributed by atoms with Crippen LogP contribution in [0.3, 0.4) is 0 Å². The molecule has 0 unspecified atom stereocenters. The van der Waals surface area contributed by atoms with Crippen LogP contribution in [0.15, 0.2) is 0 Å². The summed E-state index contributed by atoms with van der Waals surface area (Å²) in [4.78, 5) is 0. The van der Waals surface area contributed by atoms with Gasteiger partial charge < -0.3 is 0 Å². The third-order valence-electron chi connectivity index (χ3n) is 1.95. The van der Waals surface area contributed by atoms with Crippen LogP contribution in [0.2, 0.25) is 0 Å². The molecule has 5 heteroatoms. The van der Waals surface area contributed by atoms with E-state index in [1.54, 1.807) is 0 Å². The topological polar surface area (TPSA) is 0 Å². The SMILES string of the molecule is CCSC1CSC1.[SbH2][CH2]SC1CSC1. The fraction of sp³-hybridized carbons (Fsp3) is 1.00. The van der Waals surface area contributed by atoms with E-state index in [1.165, 1.54) is 55.5 Å². The molecule has 2 saturated heterocycles. The third-order valence-corrected chi connectivity index (χ3v) is 9.13. The molecule has 2 aliphatic heterocycles. The van der Waals surface area contributed by atoms with Crippen molar-refractivity contribution in [3.8, 4) is 0 Å². The Kier molecular flexibility index (Phi) is 9.45. The fourth-order valence-electron chi connectivity index (χ4n) is 0.992. The summed E-state index contributed by atoms with van der Waals surface area (Å²) in [5.74, 6) is 6.94. The van der Waals surface area contributed by atoms with Gasteiger partial charge in [-0.2, -0.15) is 23.5 Å². The van der Waals surface area contributed by atoms with Crippen LogP contribution in [0.1, 0.15) is 6.92 Å². The average molecular weight is 377 g/mol. The summed E-state index contributed by atoms with van der Waals surface area (Å²) in [6, 6.07) is 0. The molecule has 0 amide bonds. The zero-order chi connectivity index (χ0) is 10.2. The van der Waals surface area contributed by atoms with Crippen molar-refractivity contribution >= 4 is 70.1 Å². The van der Waals surface area contributed by atoms with Crippen LogP contribution in [0.25, 0.3) is 0 Å².